The van der Waals surface area contributed by atoms with Gasteiger partial charge in [-0.25, -0.2) is 0 Å². The number of hydrogen-bond acceptors (Lipinski definition) is 5. The van der Waals surface area contributed by atoms with Crippen molar-refractivity contribution < 1.29 is 19.1 Å². The largest absolute Gasteiger partial charge is 0.376 e. The van der Waals surface area contributed by atoms with E-state index in [1.807, 2.05) is 0 Å². The van der Waals surface area contributed by atoms with Crippen LogP contribution < -0.4 is 5.73 Å². The Hall–Kier alpha value is -0.980. The third-order valence-corrected chi connectivity index (χ3v) is 3.70. The van der Waals surface area contributed by atoms with Crippen LogP contribution in [0.15, 0.2) is 0 Å². The highest BCUT2D eigenvalue weighted by atomic mass is 16.5. The summed E-state index contributed by atoms with van der Waals surface area (Å²) in [5.74, 6) is -0.301. The van der Waals surface area contributed by atoms with Crippen LogP contribution >= 0.6 is 0 Å². The molecule has 2 aliphatic heterocycles. The molecule has 0 aromatic carbocycles. The van der Waals surface area contributed by atoms with Gasteiger partial charge < -0.3 is 15.2 Å². The lowest BCUT2D eigenvalue weighted by atomic mass is 9.71. The van der Waals surface area contributed by atoms with E-state index in [2.05, 4.69) is 0 Å². The highest BCUT2D eigenvalue weighted by molar-refractivity contribution is 5.99. The lowest BCUT2D eigenvalue weighted by Gasteiger charge is -2.50. The van der Waals surface area contributed by atoms with Gasteiger partial charge in [-0.3, -0.25) is 14.5 Å². The molecule has 0 aromatic rings. The van der Waals surface area contributed by atoms with Gasteiger partial charge in [0.2, 0.25) is 0 Å². The molecule has 1 aliphatic carbocycles. The van der Waals surface area contributed by atoms with Gasteiger partial charge in [0, 0.05) is 18.6 Å². The Bertz CT molecular complexity index is 330. The van der Waals surface area contributed by atoms with Crippen molar-refractivity contribution >= 4 is 11.8 Å². The first-order valence-corrected chi connectivity index (χ1v) is 5.50. The molecule has 16 heavy (non-hydrogen) atoms. The van der Waals surface area contributed by atoms with Crippen molar-refractivity contribution in [1.82, 2.24) is 4.90 Å². The number of fused-ring (bicyclic) bond motifs is 1. The average Bonchev–Trinajstić information content (AvgIpc) is 2.67. The molecule has 88 valence electrons. The zero-order valence-corrected chi connectivity index (χ0v) is 8.80. The molecular formula is C10H14N2O4. The van der Waals surface area contributed by atoms with Crippen LogP contribution in [0.2, 0.25) is 0 Å². The van der Waals surface area contributed by atoms with Crippen molar-refractivity contribution in [2.45, 2.75) is 24.6 Å². The first-order chi connectivity index (χ1) is 7.70. The Balaban J connectivity index is 1.81. The lowest BCUT2D eigenvalue weighted by molar-refractivity contribution is -0.173. The summed E-state index contributed by atoms with van der Waals surface area (Å²) in [5.41, 5.74) is 6.00. The van der Waals surface area contributed by atoms with Crippen LogP contribution in [0.5, 0.6) is 0 Å². The molecule has 2 saturated heterocycles. The topological polar surface area (TPSA) is 81.9 Å². The average molecular weight is 226 g/mol. The molecule has 3 aliphatic rings. The molecule has 2 heterocycles. The van der Waals surface area contributed by atoms with Crippen LogP contribution in [0.3, 0.4) is 0 Å². The molecule has 3 fully saturated rings. The highest BCUT2D eigenvalue weighted by Crippen LogP contribution is 2.41. The number of nitrogens with two attached hydrogens (primary N) is 1. The van der Waals surface area contributed by atoms with Crippen LogP contribution in [-0.4, -0.2) is 54.7 Å². The maximum Gasteiger partial charge on any atom is 0.255 e. The maximum absolute atomic E-state index is 11.6. The number of hydrogen-bond donors (Lipinski definition) is 1. The van der Waals surface area contributed by atoms with E-state index in [1.165, 1.54) is 4.90 Å². The highest BCUT2D eigenvalue weighted by Gasteiger charge is 2.57. The number of rotatable bonds is 1. The second-order valence-corrected chi connectivity index (χ2v) is 4.51. The summed E-state index contributed by atoms with van der Waals surface area (Å²) < 4.78 is 10.4. The van der Waals surface area contributed by atoms with Gasteiger partial charge >= 0.3 is 0 Å². The minimum atomic E-state index is -0.300. The van der Waals surface area contributed by atoms with Gasteiger partial charge in [0.1, 0.15) is 13.2 Å². The van der Waals surface area contributed by atoms with Crippen molar-refractivity contribution in [1.29, 1.82) is 0 Å². The molecule has 4 atom stereocenters. The van der Waals surface area contributed by atoms with Crippen molar-refractivity contribution in [3.63, 3.8) is 0 Å². The monoisotopic (exact) mass is 226 g/mol. The standard InChI is InChI=1S/C10H14N2O4/c11-8-5-1-2-16-10(5)9(8)12-6(13)3-15-4-7(12)14/h5,8-10H,1-4,11H2. The van der Waals surface area contributed by atoms with Crippen molar-refractivity contribution in [2.75, 3.05) is 19.8 Å². The summed E-state index contributed by atoms with van der Waals surface area (Å²) in [5, 5.41) is 0. The first-order valence-electron chi connectivity index (χ1n) is 5.50. The van der Waals surface area contributed by atoms with Gasteiger partial charge in [-0.2, -0.15) is 0 Å². The number of nitrogens with zero attached hydrogens (tertiary/aromatic N) is 1. The molecule has 1 saturated carbocycles. The number of carbonyl (C=O) groups excluding carboxylic acids is 2. The van der Waals surface area contributed by atoms with Gasteiger partial charge in [-0.1, -0.05) is 0 Å². The molecule has 2 N–H and O–H groups in total. The second-order valence-electron chi connectivity index (χ2n) is 4.51. The van der Waals surface area contributed by atoms with Crippen molar-refractivity contribution in [2.24, 2.45) is 11.7 Å². The minimum Gasteiger partial charge on any atom is -0.376 e. The summed E-state index contributed by atoms with van der Waals surface area (Å²) in [4.78, 5) is 24.5. The molecule has 0 aromatic heterocycles. The zero-order chi connectivity index (χ0) is 11.3. The Labute approximate surface area is 92.7 Å². The van der Waals surface area contributed by atoms with E-state index in [9.17, 15) is 9.59 Å². The third kappa shape index (κ3) is 1.24. The normalized spacial score (nSPS) is 43.2. The molecule has 6 nitrogen and oxygen atoms in total. The predicted molar refractivity (Wildman–Crippen MR) is 52.3 cm³/mol. The van der Waals surface area contributed by atoms with E-state index in [0.29, 0.717) is 12.5 Å². The van der Waals surface area contributed by atoms with E-state index in [4.69, 9.17) is 15.2 Å². The first kappa shape index (κ1) is 10.2. The summed E-state index contributed by atoms with van der Waals surface area (Å²) in [6.07, 6.45) is 0.871. The number of morpholine rings is 1. The second kappa shape index (κ2) is 3.51. The molecular weight excluding hydrogens is 212 g/mol. The van der Waals surface area contributed by atoms with E-state index < -0.39 is 0 Å². The van der Waals surface area contributed by atoms with Gasteiger partial charge in [0.25, 0.3) is 11.8 Å². The fourth-order valence-corrected chi connectivity index (χ4v) is 2.87. The fraction of sp³-hybridized carbons (Fsp3) is 0.800. The smallest absolute Gasteiger partial charge is 0.255 e. The van der Waals surface area contributed by atoms with E-state index in [1.54, 1.807) is 0 Å². The molecule has 3 rings (SSSR count). The summed E-state index contributed by atoms with van der Waals surface area (Å²) in [7, 11) is 0. The summed E-state index contributed by atoms with van der Waals surface area (Å²) in [6.45, 7) is 0.602. The Morgan fingerprint density at radius 1 is 1.25 bits per heavy atom. The molecule has 4 unspecified atom stereocenters. The van der Waals surface area contributed by atoms with Crippen LogP contribution in [-0.2, 0) is 19.1 Å². The number of carbonyl (C=O) groups is 2. The van der Waals surface area contributed by atoms with Gasteiger partial charge in [0.05, 0.1) is 12.1 Å². The van der Waals surface area contributed by atoms with Crippen LogP contribution in [0.25, 0.3) is 0 Å². The fourth-order valence-electron chi connectivity index (χ4n) is 2.87. The molecule has 0 spiro atoms. The Morgan fingerprint density at radius 2 is 1.94 bits per heavy atom. The molecule has 6 heteroatoms. The van der Waals surface area contributed by atoms with Gasteiger partial charge in [0.15, 0.2) is 0 Å². The number of ether oxygens (including phenoxy) is 2. The zero-order valence-electron chi connectivity index (χ0n) is 8.80. The predicted octanol–water partition coefficient (Wildman–Crippen LogP) is -1.51. The molecule has 2 amide bonds. The minimum absolute atomic E-state index is 0.0354. The SMILES string of the molecule is NC1C2CCOC2C1N1C(=O)COCC1=O. The number of amides is 2. The number of imide groups is 1. The van der Waals surface area contributed by atoms with Crippen molar-refractivity contribution in [3.05, 3.63) is 0 Å². The van der Waals surface area contributed by atoms with Crippen LogP contribution in [0, 0.1) is 5.92 Å². The third-order valence-electron chi connectivity index (χ3n) is 3.70. The molecule has 0 radical (unpaired) electrons. The summed E-state index contributed by atoms with van der Waals surface area (Å²) >= 11 is 0. The maximum atomic E-state index is 11.6. The summed E-state index contributed by atoms with van der Waals surface area (Å²) in [6, 6.07) is -0.421. The van der Waals surface area contributed by atoms with Gasteiger partial charge in [-0.05, 0) is 6.42 Å². The quantitative estimate of drug-likeness (QED) is 0.549. The van der Waals surface area contributed by atoms with Crippen LogP contribution in [0.4, 0.5) is 0 Å². The molecule has 0 bridgehead atoms. The van der Waals surface area contributed by atoms with E-state index in [-0.39, 0.29) is 43.2 Å². The van der Waals surface area contributed by atoms with Crippen LogP contribution in [0.1, 0.15) is 6.42 Å². The van der Waals surface area contributed by atoms with E-state index in [0.717, 1.165) is 6.42 Å². The Kier molecular flexibility index (Phi) is 2.24. The van der Waals surface area contributed by atoms with E-state index >= 15 is 0 Å². The Morgan fingerprint density at radius 3 is 2.62 bits per heavy atom. The van der Waals surface area contributed by atoms with Gasteiger partial charge in [-0.15, -0.1) is 0 Å². The van der Waals surface area contributed by atoms with Crippen molar-refractivity contribution in [3.8, 4) is 0 Å². The lowest BCUT2D eigenvalue weighted by Crippen LogP contribution is -2.72.